The summed E-state index contributed by atoms with van der Waals surface area (Å²) in [6.07, 6.45) is 0.0221. The van der Waals surface area contributed by atoms with Crippen LogP contribution in [-0.2, 0) is 14.3 Å². The van der Waals surface area contributed by atoms with Crippen LogP contribution in [0.3, 0.4) is 0 Å². The molecule has 0 fully saturated rings. The fourth-order valence-corrected chi connectivity index (χ4v) is 1.35. The third-order valence-electron chi connectivity index (χ3n) is 2.31. The van der Waals surface area contributed by atoms with Gasteiger partial charge < -0.3 is 9.47 Å². The normalized spacial score (nSPS) is 12.2. The first-order chi connectivity index (χ1) is 7.17. The second-order valence-corrected chi connectivity index (χ2v) is 3.42. The zero-order valence-electron chi connectivity index (χ0n) is 9.32. The third-order valence-corrected chi connectivity index (χ3v) is 2.31. The summed E-state index contributed by atoms with van der Waals surface area (Å²) in [6.45, 7) is 2.02. The molecule has 0 aliphatic carbocycles. The Bertz CT molecular complexity index is 316. The number of hydrogen-bond donors (Lipinski definition) is 0. The second kappa shape index (κ2) is 5.51. The first kappa shape index (κ1) is 11.7. The standard InChI is InChI=1S/C12H16O3/c1-9-4-6-10(7-5-9)11(14-2)8-12(13)15-3/h4-7,11H,8H2,1-3H3. The molecule has 0 N–H and O–H groups in total. The molecule has 1 aromatic rings. The number of benzene rings is 1. The van der Waals surface area contributed by atoms with Crippen LogP contribution in [0, 0.1) is 6.92 Å². The molecule has 0 heterocycles. The van der Waals surface area contributed by atoms with E-state index in [1.165, 1.54) is 12.7 Å². The van der Waals surface area contributed by atoms with Gasteiger partial charge in [-0.2, -0.15) is 0 Å². The van der Waals surface area contributed by atoms with E-state index >= 15 is 0 Å². The van der Waals surface area contributed by atoms with Crippen molar-refractivity contribution >= 4 is 5.97 Å². The van der Waals surface area contributed by atoms with Gasteiger partial charge in [-0.25, -0.2) is 0 Å². The van der Waals surface area contributed by atoms with E-state index in [1.54, 1.807) is 7.11 Å². The Morgan fingerprint density at radius 1 is 1.27 bits per heavy atom. The summed E-state index contributed by atoms with van der Waals surface area (Å²) in [5.74, 6) is -0.262. The molecule has 0 saturated carbocycles. The quantitative estimate of drug-likeness (QED) is 0.712. The molecule has 3 nitrogen and oxygen atoms in total. The number of methoxy groups -OCH3 is 2. The lowest BCUT2D eigenvalue weighted by atomic mass is 10.1. The van der Waals surface area contributed by atoms with Gasteiger partial charge in [0.1, 0.15) is 0 Å². The lowest BCUT2D eigenvalue weighted by Gasteiger charge is -2.14. The fourth-order valence-electron chi connectivity index (χ4n) is 1.35. The van der Waals surface area contributed by atoms with Crippen LogP contribution >= 0.6 is 0 Å². The highest BCUT2D eigenvalue weighted by molar-refractivity contribution is 5.70. The van der Waals surface area contributed by atoms with E-state index in [4.69, 9.17) is 4.74 Å². The molecule has 1 rings (SSSR count). The maximum absolute atomic E-state index is 11.1. The van der Waals surface area contributed by atoms with E-state index in [-0.39, 0.29) is 18.5 Å². The van der Waals surface area contributed by atoms with Gasteiger partial charge >= 0.3 is 5.97 Å². The molecular formula is C12H16O3. The van der Waals surface area contributed by atoms with E-state index in [9.17, 15) is 4.79 Å². The average Bonchev–Trinajstić information content (AvgIpc) is 2.27. The highest BCUT2D eigenvalue weighted by Crippen LogP contribution is 2.21. The van der Waals surface area contributed by atoms with Crippen LogP contribution in [0.2, 0.25) is 0 Å². The van der Waals surface area contributed by atoms with Gasteiger partial charge in [0.2, 0.25) is 0 Å². The Hall–Kier alpha value is -1.35. The summed E-state index contributed by atoms with van der Waals surface area (Å²) in [7, 11) is 2.97. The van der Waals surface area contributed by atoms with Gasteiger partial charge in [-0.1, -0.05) is 29.8 Å². The number of esters is 1. The number of carbonyl (C=O) groups is 1. The highest BCUT2D eigenvalue weighted by Gasteiger charge is 2.15. The summed E-state index contributed by atoms with van der Waals surface area (Å²) in [6, 6.07) is 7.93. The van der Waals surface area contributed by atoms with Crippen molar-refractivity contribution in [3.63, 3.8) is 0 Å². The zero-order chi connectivity index (χ0) is 11.3. The molecular weight excluding hydrogens is 192 g/mol. The minimum Gasteiger partial charge on any atom is -0.469 e. The largest absolute Gasteiger partial charge is 0.469 e. The summed E-state index contributed by atoms with van der Waals surface area (Å²) >= 11 is 0. The number of hydrogen-bond acceptors (Lipinski definition) is 3. The smallest absolute Gasteiger partial charge is 0.308 e. The predicted octanol–water partition coefficient (Wildman–Crippen LogP) is 2.25. The fraction of sp³-hybridized carbons (Fsp3) is 0.417. The molecule has 0 saturated heterocycles. The zero-order valence-corrected chi connectivity index (χ0v) is 9.32. The van der Waals surface area contributed by atoms with Crippen LogP contribution in [0.15, 0.2) is 24.3 Å². The molecule has 0 aliphatic heterocycles. The van der Waals surface area contributed by atoms with Crippen LogP contribution in [0.4, 0.5) is 0 Å². The lowest BCUT2D eigenvalue weighted by Crippen LogP contribution is -2.10. The first-order valence-electron chi connectivity index (χ1n) is 4.83. The van der Waals surface area contributed by atoms with Crippen LogP contribution in [-0.4, -0.2) is 20.2 Å². The number of carbonyl (C=O) groups excluding carboxylic acids is 1. The van der Waals surface area contributed by atoms with Crippen molar-refractivity contribution in [2.45, 2.75) is 19.4 Å². The highest BCUT2D eigenvalue weighted by atomic mass is 16.5. The minimum atomic E-state index is -0.262. The Labute approximate surface area is 90.0 Å². The van der Waals surface area contributed by atoms with Crippen LogP contribution in [0.25, 0.3) is 0 Å². The molecule has 1 aromatic carbocycles. The molecule has 0 spiro atoms. The van der Waals surface area contributed by atoms with E-state index in [2.05, 4.69) is 4.74 Å². The topological polar surface area (TPSA) is 35.5 Å². The number of ether oxygens (including phenoxy) is 2. The summed E-state index contributed by atoms with van der Waals surface area (Å²) in [5, 5.41) is 0. The second-order valence-electron chi connectivity index (χ2n) is 3.42. The molecule has 0 aromatic heterocycles. The van der Waals surface area contributed by atoms with Crippen molar-refractivity contribution in [2.24, 2.45) is 0 Å². The molecule has 0 aliphatic rings. The maximum Gasteiger partial charge on any atom is 0.308 e. The lowest BCUT2D eigenvalue weighted by molar-refractivity contribution is -0.143. The van der Waals surface area contributed by atoms with Crippen LogP contribution in [0.5, 0.6) is 0 Å². The monoisotopic (exact) mass is 208 g/mol. The molecule has 0 bridgehead atoms. The Morgan fingerprint density at radius 3 is 2.33 bits per heavy atom. The van der Waals surface area contributed by atoms with Crippen molar-refractivity contribution in [2.75, 3.05) is 14.2 Å². The maximum atomic E-state index is 11.1. The van der Waals surface area contributed by atoms with Crippen LogP contribution in [0.1, 0.15) is 23.7 Å². The van der Waals surface area contributed by atoms with Crippen molar-refractivity contribution in [1.29, 1.82) is 0 Å². The summed E-state index contributed by atoms with van der Waals surface area (Å²) in [5.41, 5.74) is 2.18. The van der Waals surface area contributed by atoms with Crippen molar-refractivity contribution in [3.8, 4) is 0 Å². The van der Waals surface area contributed by atoms with E-state index < -0.39 is 0 Å². The molecule has 82 valence electrons. The van der Waals surface area contributed by atoms with E-state index in [1.807, 2.05) is 31.2 Å². The number of aryl methyl sites for hydroxylation is 1. The van der Waals surface area contributed by atoms with E-state index in [0.717, 1.165) is 5.56 Å². The molecule has 1 atom stereocenters. The average molecular weight is 208 g/mol. The molecule has 15 heavy (non-hydrogen) atoms. The first-order valence-corrected chi connectivity index (χ1v) is 4.83. The van der Waals surface area contributed by atoms with Crippen molar-refractivity contribution < 1.29 is 14.3 Å². The van der Waals surface area contributed by atoms with Crippen LogP contribution < -0.4 is 0 Å². The molecule has 0 radical (unpaired) electrons. The van der Waals surface area contributed by atoms with Gasteiger partial charge in [-0.05, 0) is 12.5 Å². The Morgan fingerprint density at radius 2 is 1.87 bits per heavy atom. The molecule has 0 amide bonds. The SMILES string of the molecule is COC(=O)CC(OC)c1ccc(C)cc1. The summed E-state index contributed by atoms with van der Waals surface area (Å²) in [4.78, 5) is 11.1. The van der Waals surface area contributed by atoms with E-state index in [0.29, 0.717) is 0 Å². The van der Waals surface area contributed by atoms with Gasteiger partial charge in [0.05, 0.1) is 19.6 Å². The Balaban J connectivity index is 2.74. The number of rotatable bonds is 4. The summed E-state index contributed by atoms with van der Waals surface area (Å²) < 4.78 is 9.86. The molecule has 3 heteroatoms. The van der Waals surface area contributed by atoms with Gasteiger partial charge in [0, 0.05) is 7.11 Å². The minimum absolute atomic E-state index is 0.224. The van der Waals surface area contributed by atoms with Gasteiger partial charge in [0.15, 0.2) is 0 Å². The third kappa shape index (κ3) is 3.36. The predicted molar refractivity (Wildman–Crippen MR) is 57.6 cm³/mol. The Kier molecular flexibility index (Phi) is 4.31. The van der Waals surface area contributed by atoms with Gasteiger partial charge in [-0.15, -0.1) is 0 Å². The van der Waals surface area contributed by atoms with Gasteiger partial charge in [-0.3, -0.25) is 4.79 Å². The van der Waals surface area contributed by atoms with Crippen molar-refractivity contribution in [3.05, 3.63) is 35.4 Å². The van der Waals surface area contributed by atoms with Gasteiger partial charge in [0.25, 0.3) is 0 Å². The molecule has 1 unspecified atom stereocenters. The van der Waals surface area contributed by atoms with Crippen molar-refractivity contribution in [1.82, 2.24) is 0 Å².